The Labute approximate surface area is 182 Å². The highest BCUT2D eigenvalue weighted by Crippen LogP contribution is 2.25. The molecule has 3 aromatic rings. The highest BCUT2D eigenvalue weighted by atomic mass is 32.2. The van der Waals surface area contributed by atoms with Gasteiger partial charge < -0.3 is 4.57 Å². The monoisotopic (exact) mass is 442 g/mol. The van der Waals surface area contributed by atoms with Gasteiger partial charge in [0, 0.05) is 31.9 Å². The number of piperazine rings is 1. The van der Waals surface area contributed by atoms with Crippen LogP contribution in [0.15, 0.2) is 71.2 Å². The maximum absolute atomic E-state index is 12.9. The van der Waals surface area contributed by atoms with Crippen molar-refractivity contribution in [1.82, 2.24) is 18.8 Å². The van der Waals surface area contributed by atoms with E-state index in [0.29, 0.717) is 37.7 Å². The van der Waals surface area contributed by atoms with Crippen molar-refractivity contribution in [3.05, 3.63) is 66.7 Å². The Bertz CT molecular complexity index is 1130. The number of fused-ring (bicyclic) bond motifs is 1. The summed E-state index contributed by atoms with van der Waals surface area (Å²) in [7, 11) is -3.45. The van der Waals surface area contributed by atoms with E-state index in [2.05, 4.69) is 22.1 Å². The molecular weight excluding hydrogens is 416 g/mol. The first-order valence-electron chi connectivity index (χ1n) is 9.97. The van der Waals surface area contributed by atoms with Crippen molar-refractivity contribution in [3.8, 4) is 0 Å². The quantitative estimate of drug-likeness (QED) is 0.413. The number of imidazole rings is 1. The first kappa shape index (κ1) is 21.1. The summed E-state index contributed by atoms with van der Waals surface area (Å²) in [5, 5.41) is 0.964. The van der Waals surface area contributed by atoms with E-state index in [0.717, 1.165) is 27.5 Å². The summed E-state index contributed by atoms with van der Waals surface area (Å²) >= 11 is 1.67. The van der Waals surface area contributed by atoms with Gasteiger partial charge in [-0.1, -0.05) is 47.7 Å². The molecule has 2 heterocycles. The van der Waals surface area contributed by atoms with Crippen LogP contribution in [0, 0.1) is 6.92 Å². The predicted octanol–water partition coefficient (Wildman–Crippen LogP) is 3.59. The van der Waals surface area contributed by atoms with E-state index in [4.69, 9.17) is 4.98 Å². The predicted molar refractivity (Wildman–Crippen MR) is 122 cm³/mol. The van der Waals surface area contributed by atoms with Crippen LogP contribution in [-0.2, 0) is 16.7 Å². The molecule has 4 rings (SSSR count). The lowest BCUT2D eigenvalue weighted by atomic mass is 10.2. The molecule has 1 fully saturated rings. The highest BCUT2D eigenvalue weighted by molar-refractivity contribution is 7.99. The third kappa shape index (κ3) is 4.32. The molecule has 0 atom stereocenters. The van der Waals surface area contributed by atoms with Gasteiger partial charge in [0.05, 0.1) is 22.6 Å². The Morgan fingerprint density at radius 1 is 1.07 bits per heavy atom. The minimum absolute atomic E-state index is 0.366. The number of rotatable bonds is 7. The van der Waals surface area contributed by atoms with Gasteiger partial charge in [-0.15, -0.1) is 6.58 Å². The maximum Gasteiger partial charge on any atom is 0.243 e. The van der Waals surface area contributed by atoms with Crippen molar-refractivity contribution < 1.29 is 8.42 Å². The van der Waals surface area contributed by atoms with Crippen LogP contribution in [0.4, 0.5) is 0 Å². The second-order valence-corrected chi connectivity index (χ2v) is 10.3. The Hall–Kier alpha value is -2.13. The lowest BCUT2D eigenvalue weighted by Gasteiger charge is -2.34. The van der Waals surface area contributed by atoms with Crippen molar-refractivity contribution in [3.63, 3.8) is 0 Å². The van der Waals surface area contributed by atoms with Gasteiger partial charge in [0.15, 0.2) is 5.16 Å². The van der Waals surface area contributed by atoms with Gasteiger partial charge in [0.1, 0.15) is 0 Å². The molecule has 30 heavy (non-hydrogen) atoms. The van der Waals surface area contributed by atoms with E-state index in [1.54, 1.807) is 28.2 Å². The summed E-state index contributed by atoms with van der Waals surface area (Å²) in [5.41, 5.74) is 3.12. The van der Waals surface area contributed by atoms with E-state index in [1.807, 2.05) is 43.3 Å². The van der Waals surface area contributed by atoms with Gasteiger partial charge in [0.2, 0.25) is 10.0 Å². The average Bonchev–Trinajstić information content (AvgIpc) is 3.10. The molecular formula is C22H26N4O2S2. The van der Waals surface area contributed by atoms with Crippen LogP contribution >= 0.6 is 11.8 Å². The van der Waals surface area contributed by atoms with Crippen LogP contribution in [0.3, 0.4) is 0 Å². The number of aryl methyl sites for hydroxylation is 1. The molecule has 1 saturated heterocycles. The zero-order valence-electron chi connectivity index (χ0n) is 17.1. The molecule has 1 aliphatic rings. The summed E-state index contributed by atoms with van der Waals surface area (Å²) in [6.07, 6.45) is 1.88. The fourth-order valence-electron chi connectivity index (χ4n) is 3.60. The van der Waals surface area contributed by atoms with Crippen LogP contribution in [0.1, 0.15) is 5.56 Å². The third-order valence-electron chi connectivity index (χ3n) is 5.28. The van der Waals surface area contributed by atoms with E-state index in [1.165, 1.54) is 0 Å². The summed E-state index contributed by atoms with van der Waals surface area (Å²) < 4.78 is 29.7. The van der Waals surface area contributed by atoms with Gasteiger partial charge in [-0.25, -0.2) is 13.4 Å². The number of sulfonamides is 1. The van der Waals surface area contributed by atoms with Gasteiger partial charge in [0.25, 0.3) is 0 Å². The summed E-state index contributed by atoms with van der Waals surface area (Å²) in [6, 6.07) is 15.2. The fourth-order valence-corrected chi connectivity index (χ4v) is 5.77. The zero-order valence-corrected chi connectivity index (χ0v) is 18.7. The van der Waals surface area contributed by atoms with Gasteiger partial charge in [-0.05, 0) is 31.2 Å². The van der Waals surface area contributed by atoms with Crippen LogP contribution in [-0.4, -0.2) is 59.1 Å². The molecule has 6 nitrogen and oxygen atoms in total. The minimum atomic E-state index is -3.45. The summed E-state index contributed by atoms with van der Waals surface area (Å²) in [4.78, 5) is 7.41. The van der Waals surface area contributed by atoms with Gasteiger partial charge in [-0.2, -0.15) is 4.31 Å². The number of hydrogen-bond acceptors (Lipinski definition) is 5. The van der Waals surface area contributed by atoms with Gasteiger partial charge >= 0.3 is 0 Å². The number of para-hydroxylation sites is 2. The molecule has 8 heteroatoms. The average molecular weight is 443 g/mol. The topological polar surface area (TPSA) is 58.4 Å². The van der Waals surface area contributed by atoms with Crippen LogP contribution in [0.5, 0.6) is 0 Å². The van der Waals surface area contributed by atoms with Crippen molar-refractivity contribution in [2.24, 2.45) is 0 Å². The molecule has 0 bridgehead atoms. The largest absolute Gasteiger partial charge is 0.305 e. The number of thioether (sulfide) groups is 1. The first-order chi connectivity index (χ1) is 14.5. The number of aromatic nitrogens is 2. The molecule has 0 saturated carbocycles. The molecule has 0 unspecified atom stereocenters. The van der Waals surface area contributed by atoms with Crippen molar-refractivity contribution in [2.45, 2.75) is 23.6 Å². The molecule has 0 amide bonds. The van der Waals surface area contributed by atoms with Crippen LogP contribution in [0.2, 0.25) is 0 Å². The molecule has 0 aliphatic carbocycles. The van der Waals surface area contributed by atoms with Crippen LogP contribution < -0.4 is 0 Å². The third-order valence-corrected chi connectivity index (χ3v) is 8.17. The molecule has 0 N–H and O–H groups in total. The van der Waals surface area contributed by atoms with Crippen molar-refractivity contribution in [2.75, 3.05) is 31.9 Å². The Kier molecular flexibility index (Phi) is 6.29. The minimum Gasteiger partial charge on any atom is -0.305 e. The summed E-state index contributed by atoms with van der Waals surface area (Å²) in [5.74, 6) is 0.798. The normalized spacial score (nSPS) is 16.2. The molecule has 1 aromatic heterocycles. The van der Waals surface area contributed by atoms with Crippen LogP contribution in [0.25, 0.3) is 11.0 Å². The molecule has 0 radical (unpaired) electrons. The Balaban J connectivity index is 1.47. The molecule has 0 spiro atoms. The van der Waals surface area contributed by atoms with E-state index in [9.17, 15) is 8.42 Å². The van der Waals surface area contributed by atoms with Crippen molar-refractivity contribution >= 4 is 32.8 Å². The van der Waals surface area contributed by atoms with E-state index in [-0.39, 0.29) is 0 Å². The molecule has 158 valence electrons. The van der Waals surface area contributed by atoms with Crippen molar-refractivity contribution in [1.29, 1.82) is 0 Å². The maximum atomic E-state index is 12.9. The van der Waals surface area contributed by atoms with E-state index < -0.39 is 10.0 Å². The number of hydrogen-bond donors (Lipinski definition) is 0. The Morgan fingerprint density at radius 3 is 2.47 bits per heavy atom. The second kappa shape index (κ2) is 8.93. The van der Waals surface area contributed by atoms with Gasteiger partial charge in [-0.3, -0.25) is 4.90 Å². The lowest BCUT2D eigenvalue weighted by molar-refractivity contribution is 0.150. The highest BCUT2D eigenvalue weighted by Gasteiger charge is 2.28. The first-order valence-corrected chi connectivity index (χ1v) is 12.4. The fraction of sp³-hybridized carbons (Fsp3) is 0.318. The zero-order chi connectivity index (χ0) is 21.1. The smallest absolute Gasteiger partial charge is 0.243 e. The lowest BCUT2D eigenvalue weighted by Crippen LogP contribution is -2.48. The van der Waals surface area contributed by atoms with E-state index >= 15 is 0 Å². The Morgan fingerprint density at radius 2 is 1.77 bits per heavy atom. The second-order valence-electron chi connectivity index (χ2n) is 7.39. The number of nitrogens with zero attached hydrogens (tertiary/aromatic N) is 4. The molecule has 2 aromatic carbocycles. The standard InChI is InChI=1S/C22H26N4O2S2/c1-3-16-29-22-23-20-6-4-5-7-21(20)26(22)17-24-12-14-25(15-13-24)30(27,28)19-10-8-18(2)9-11-19/h3-11H,1,12-17H2,2H3. The summed E-state index contributed by atoms with van der Waals surface area (Å²) in [6.45, 7) is 8.79. The SMILES string of the molecule is C=CCSc1nc2ccccc2n1CN1CCN(S(=O)(=O)c2ccc(C)cc2)CC1. The molecule has 1 aliphatic heterocycles. The number of benzene rings is 2.